The summed E-state index contributed by atoms with van der Waals surface area (Å²) in [5, 5.41) is 10.8. The average Bonchev–Trinajstić information content (AvgIpc) is 2.72. The molecule has 0 heterocycles. The van der Waals surface area contributed by atoms with Crippen molar-refractivity contribution in [2.45, 2.75) is 58.3 Å². The van der Waals surface area contributed by atoms with Crippen LogP contribution in [0.5, 0.6) is 0 Å². The molecule has 0 radical (unpaired) electrons. The molecule has 0 saturated heterocycles. The van der Waals surface area contributed by atoms with Gasteiger partial charge in [-0.3, -0.25) is 4.79 Å². The van der Waals surface area contributed by atoms with Crippen LogP contribution in [-0.4, -0.2) is 29.2 Å². The number of nitrogens with one attached hydrogen (secondary N) is 1. The lowest BCUT2D eigenvalue weighted by Crippen LogP contribution is -2.36. The number of rotatable bonds is 5. The van der Waals surface area contributed by atoms with Gasteiger partial charge in [0.05, 0.1) is 0 Å². The Morgan fingerprint density at radius 1 is 1.12 bits per heavy atom. The summed E-state index contributed by atoms with van der Waals surface area (Å²) in [7, 11) is 0. The van der Waals surface area contributed by atoms with Gasteiger partial charge < -0.3 is 16.2 Å². The highest BCUT2D eigenvalue weighted by Gasteiger charge is 2.38. The van der Waals surface area contributed by atoms with Gasteiger partial charge in [0.25, 0.3) is 0 Å². The third kappa shape index (κ3) is 8.00. The van der Waals surface area contributed by atoms with Gasteiger partial charge in [-0.2, -0.15) is 13.2 Å². The maximum Gasteiger partial charge on any atom is 0.490 e. The smallest absolute Gasteiger partial charge is 0.475 e. The molecule has 1 fully saturated rings. The van der Waals surface area contributed by atoms with Crippen LogP contribution in [0.15, 0.2) is 48.5 Å². The quantitative estimate of drug-likeness (QED) is 0.588. The summed E-state index contributed by atoms with van der Waals surface area (Å²) >= 11 is 0. The number of hydrogen-bond acceptors (Lipinski definition) is 3. The van der Waals surface area contributed by atoms with Gasteiger partial charge in [-0.25, -0.2) is 4.79 Å². The van der Waals surface area contributed by atoms with Crippen LogP contribution in [-0.2, 0) is 11.3 Å². The summed E-state index contributed by atoms with van der Waals surface area (Å²) < 4.78 is 31.7. The van der Waals surface area contributed by atoms with E-state index in [1.165, 1.54) is 31.2 Å². The number of hydrogen-bond donors (Lipinski definition) is 3. The number of carboxylic acid groups (broad SMARTS) is 1. The molecule has 0 bridgehead atoms. The second-order valence-electron chi connectivity index (χ2n) is 8.78. The zero-order valence-electron chi connectivity index (χ0n) is 18.2. The topological polar surface area (TPSA) is 92.4 Å². The Morgan fingerprint density at radius 3 is 2.28 bits per heavy atom. The van der Waals surface area contributed by atoms with E-state index in [0.717, 1.165) is 17.7 Å². The fourth-order valence-corrected chi connectivity index (χ4v) is 3.80. The summed E-state index contributed by atoms with van der Waals surface area (Å²) in [5.41, 5.74) is 9.79. The van der Waals surface area contributed by atoms with Crippen molar-refractivity contribution in [3.05, 3.63) is 59.7 Å². The minimum Gasteiger partial charge on any atom is -0.475 e. The molecule has 1 atom stereocenters. The minimum absolute atomic E-state index is 0.391. The average molecular weight is 451 g/mol. The number of halogens is 3. The van der Waals surface area contributed by atoms with E-state index in [2.05, 4.69) is 43.4 Å². The molecular weight excluding hydrogens is 421 g/mol. The van der Waals surface area contributed by atoms with Crippen LogP contribution >= 0.6 is 0 Å². The molecule has 5 nitrogen and oxygen atoms in total. The molecule has 1 saturated carbocycles. The lowest BCUT2D eigenvalue weighted by Gasteiger charge is -2.35. The Bertz CT molecular complexity index is 925. The molecule has 0 aliphatic heterocycles. The van der Waals surface area contributed by atoms with E-state index in [-0.39, 0.29) is 0 Å². The lowest BCUT2D eigenvalue weighted by atomic mass is 9.75. The van der Waals surface area contributed by atoms with Crippen molar-refractivity contribution in [2.24, 2.45) is 11.1 Å². The maximum atomic E-state index is 11.3. The summed E-state index contributed by atoms with van der Waals surface area (Å²) in [5.74, 6) is -3.15. The van der Waals surface area contributed by atoms with Gasteiger partial charge in [-0.15, -0.1) is 0 Å². The normalized spacial score (nSPS) is 17.7. The summed E-state index contributed by atoms with van der Waals surface area (Å²) in [4.78, 5) is 20.2. The van der Waals surface area contributed by atoms with Gasteiger partial charge in [-0.05, 0) is 53.5 Å². The van der Waals surface area contributed by atoms with Crippen molar-refractivity contribution in [3.8, 4) is 11.1 Å². The van der Waals surface area contributed by atoms with Crippen LogP contribution in [0, 0.1) is 5.41 Å². The van der Waals surface area contributed by atoms with Crippen molar-refractivity contribution >= 4 is 11.9 Å². The van der Waals surface area contributed by atoms with E-state index < -0.39 is 18.1 Å². The molecule has 1 unspecified atom stereocenters. The predicted octanol–water partition coefficient (Wildman–Crippen LogP) is 5.14. The third-order valence-electron chi connectivity index (χ3n) is 5.48. The number of carbonyl (C=O) groups is 2. The minimum atomic E-state index is -5.08. The SMILES string of the molecule is CC1(C)CCCC(NCc2ccc(-c3cccc(C(N)=O)c3)cc2)C1.O=C(O)C(F)(F)F. The third-order valence-corrected chi connectivity index (χ3v) is 5.48. The number of aliphatic carboxylic acids is 1. The molecule has 32 heavy (non-hydrogen) atoms. The first-order chi connectivity index (χ1) is 14.9. The summed E-state index contributed by atoms with van der Waals surface area (Å²) in [6, 6.07) is 16.6. The molecule has 0 aromatic heterocycles. The van der Waals surface area contributed by atoms with E-state index in [0.29, 0.717) is 17.0 Å². The molecule has 2 aromatic carbocycles. The molecule has 1 aliphatic carbocycles. The first-order valence-corrected chi connectivity index (χ1v) is 10.4. The predicted molar refractivity (Wildman–Crippen MR) is 117 cm³/mol. The molecule has 8 heteroatoms. The highest BCUT2D eigenvalue weighted by molar-refractivity contribution is 5.94. The fourth-order valence-electron chi connectivity index (χ4n) is 3.80. The number of benzene rings is 2. The van der Waals surface area contributed by atoms with Crippen LogP contribution in [0.25, 0.3) is 11.1 Å². The first-order valence-electron chi connectivity index (χ1n) is 10.4. The summed E-state index contributed by atoms with van der Waals surface area (Å²) in [6.07, 6.45) is 0.108. The Morgan fingerprint density at radius 2 is 1.75 bits per heavy atom. The Hall–Kier alpha value is -2.87. The summed E-state index contributed by atoms with van der Waals surface area (Å²) in [6.45, 7) is 5.65. The van der Waals surface area contributed by atoms with Crippen molar-refractivity contribution in [3.63, 3.8) is 0 Å². The molecule has 4 N–H and O–H groups in total. The first kappa shape index (κ1) is 25.4. The van der Waals surface area contributed by atoms with E-state index >= 15 is 0 Å². The number of primary amides is 1. The second kappa shape index (κ2) is 10.6. The monoisotopic (exact) mass is 450 g/mol. The van der Waals surface area contributed by atoms with Crippen molar-refractivity contribution in [2.75, 3.05) is 0 Å². The molecule has 1 aliphatic rings. The standard InChI is InChI=1S/C22H28N2O.C2HF3O2/c1-22(2)12-4-7-20(14-22)24-15-16-8-10-17(11-9-16)18-5-3-6-19(13-18)21(23)25;3-2(4,5)1(6)7/h3,5-6,8-11,13,20,24H,4,7,12,14-15H2,1-2H3,(H2,23,25);(H,6,7). The van der Waals surface area contributed by atoms with Gasteiger partial charge in [0.2, 0.25) is 5.91 Å². The van der Waals surface area contributed by atoms with Crippen molar-refractivity contribution in [1.29, 1.82) is 0 Å². The Labute approximate surface area is 185 Å². The van der Waals surface area contributed by atoms with E-state index in [9.17, 15) is 18.0 Å². The van der Waals surface area contributed by atoms with Gasteiger partial charge >= 0.3 is 12.1 Å². The van der Waals surface area contributed by atoms with E-state index in [4.69, 9.17) is 15.6 Å². The number of amides is 1. The second-order valence-corrected chi connectivity index (χ2v) is 8.78. The molecule has 1 amide bonds. The van der Waals surface area contributed by atoms with Gasteiger partial charge in [0.1, 0.15) is 0 Å². The van der Waals surface area contributed by atoms with E-state index in [1.807, 2.05) is 18.2 Å². The lowest BCUT2D eigenvalue weighted by molar-refractivity contribution is -0.192. The highest BCUT2D eigenvalue weighted by Crippen LogP contribution is 2.35. The van der Waals surface area contributed by atoms with Crippen LogP contribution in [0.2, 0.25) is 0 Å². The maximum absolute atomic E-state index is 11.3. The van der Waals surface area contributed by atoms with Gasteiger partial charge in [0.15, 0.2) is 0 Å². The zero-order chi connectivity index (χ0) is 23.9. The van der Waals surface area contributed by atoms with Crippen LogP contribution in [0.1, 0.15) is 55.5 Å². The van der Waals surface area contributed by atoms with Gasteiger partial charge in [-0.1, -0.05) is 56.7 Å². The molecule has 0 spiro atoms. The molecule has 174 valence electrons. The highest BCUT2D eigenvalue weighted by atomic mass is 19.4. The fraction of sp³-hybridized carbons (Fsp3) is 0.417. The number of alkyl halides is 3. The largest absolute Gasteiger partial charge is 0.490 e. The Balaban J connectivity index is 0.000000451. The van der Waals surface area contributed by atoms with Crippen molar-refractivity contribution < 1.29 is 27.9 Å². The molecule has 2 aromatic rings. The molecule has 3 rings (SSSR count). The number of nitrogens with two attached hydrogens (primary N) is 1. The van der Waals surface area contributed by atoms with E-state index in [1.54, 1.807) is 6.07 Å². The van der Waals surface area contributed by atoms with Crippen molar-refractivity contribution in [1.82, 2.24) is 5.32 Å². The zero-order valence-corrected chi connectivity index (χ0v) is 18.2. The number of carboxylic acids is 1. The van der Waals surface area contributed by atoms with Crippen LogP contribution in [0.4, 0.5) is 13.2 Å². The van der Waals surface area contributed by atoms with Crippen LogP contribution < -0.4 is 11.1 Å². The van der Waals surface area contributed by atoms with Crippen LogP contribution in [0.3, 0.4) is 0 Å². The number of carbonyl (C=O) groups excluding carboxylic acids is 1. The molecular formula is C24H29F3N2O3. The van der Waals surface area contributed by atoms with Gasteiger partial charge in [0, 0.05) is 18.2 Å². The Kier molecular flexibility index (Phi) is 8.44.